The monoisotopic (exact) mass is 1020 g/mol. The van der Waals surface area contributed by atoms with Gasteiger partial charge < -0.3 is 14.2 Å². The number of esters is 3. The van der Waals surface area contributed by atoms with Crippen molar-refractivity contribution in [2.24, 2.45) is 0 Å². The molecule has 0 saturated carbocycles. The Morgan fingerprint density at radius 1 is 0.288 bits per heavy atom. The predicted octanol–water partition coefficient (Wildman–Crippen LogP) is 21.3. The van der Waals surface area contributed by atoms with Crippen LogP contribution in [0.25, 0.3) is 0 Å². The molecule has 0 saturated heterocycles. The topological polar surface area (TPSA) is 78.9 Å². The van der Waals surface area contributed by atoms with Crippen molar-refractivity contribution in [3.8, 4) is 0 Å². The summed E-state index contributed by atoms with van der Waals surface area (Å²) in [5.74, 6) is -0.894. The second kappa shape index (κ2) is 61.4. The molecule has 0 aliphatic rings. The summed E-state index contributed by atoms with van der Waals surface area (Å²) in [6.45, 7) is 6.53. The largest absolute Gasteiger partial charge is 0.462 e. The maximum absolute atomic E-state index is 12.9. The van der Waals surface area contributed by atoms with E-state index in [0.29, 0.717) is 19.3 Å². The maximum Gasteiger partial charge on any atom is 0.306 e. The second-order valence-electron chi connectivity index (χ2n) is 20.9. The van der Waals surface area contributed by atoms with E-state index in [9.17, 15) is 14.4 Å². The summed E-state index contributed by atoms with van der Waals surface area (Å²) in [5, 5.41) is 0. The fourth-order valence-electron chi connectivity index (χ4n) is 9.00. The molecular formula is C67H118O6. The molecule has 6 heteroatoms. The molecule has 0 aliphatic carbocycles. The molecular weight excluding hydrogens is 901 g/mol. The highest BCUT2D eigenvalue weighted by molar-refractivity contribution is 5.71. The van der Waals surface area contributed by atoms with Crippen molar-refractivity contribution in [2.45, 2.75) is 322 Å². The van der Waals surface area contributed by atoms with Gasteiger partial charge in [-0.2, -0.15) is 0 Å². The second-order valence-corrected chi connectivity index (χ2v) is 20.9. The molecule has 0 radical (unpaired) electrons. The Kier molecular flexibility index (Phi) is 58.7. The molecule has 73 heavy (non-hydrogen) atoms. The smallest absolute Gasteiger partial charge is 0.306 e. The summed E-state index contributed by atoms with van der Waals surface area (Å²) in [5.41, 5.74) is 0. The Morgan fingerprint density at radius 2 is 0.534 bits per heavy atom. The van der Waals surface area contributed by atoms with E-state index in [1.165, 1.54) is 173 Å². The molecule has 0 spiro atoms. The number of carbonyl (C=O) groups is 3. The van der Waals surface area contributed by atoms with E-state index in [0.717, 1.165) is 103 Å². The van der Waals surface area contributed by atoms with Gasteiger partial charge in [0.25, 0.3) is 0 Å². The van der Waals surface area contributed by atoms with Crippen LogP contribution in [0, 0.1) is 0 Å². The minimum absolute atomic E-state index is 0.0831. The number of rotatable bonds is 57. The minimum atomic E-state index is -0.788. The van der Waals surface area contributed by atoms with Crippen LogP contribution in [-0.2, 0) is 28.6 Å². The van der Waals surface area contributed by atoms with Crippen molar-refractivity contribution in [2.75, 3.05) is 13.2 Å². The molecule has 0 amide bonds. The van der Waals surface area contributed by atoms with E-state index >= 15 is 0 Å². The summed E-state index contributed by atoms with van der Waals surface area (Å²) in [6.07, 6.45) is 79.0. The quantitative estimate of drug-likeness (QED) is 0.0261. The van der Waals surface area contributed by atoms with Crippen molar-refractivity contribution >= 4 is 17.9 Å². The fourth-order valence-corrected chi connectivity index (χ4v) is 9.00. The van der Waals surface area contributed by atoms with Crippen LogP contribution in [0.3, 0.4) is 0 Å². The highest BCUT2D eigenvalue weighted by Crippen LogP contribution is 2.16. The lowest BCUT2D eigenvalue weighted by molar-refractivity contribution is -0.167. The third-order valence-corrected chi connectivity index (χ3v) is 13.7. The molecule has 0 aromatic heterocycles. The maximum atomic E-state index is 12.9. The van der Waals surface area contributed by atoms with Gasteiger partial charge in [-0.25, -0.2) is 0 Å². The lowest BCUT2D eigenvalue weighted by Crippen LogP contribution is -2.30. The van der Waals surface area contributed by atoms with E-state index in [1.807, 2.05) is 0 Å². The molecule has 0 heterocycles. The van der Waals surface area contributed by atoms with Gasteiger partial charge in [0.1, 0.15) is 13.2 Å². The third kappa shape index (κ3) is 59.6. The lowest BCUT2D eigenvalue weighted by Gasteiger charge is -2.18. The first-order valence-electron chi connectivity index (χ1n) is 31.4. The zero-order valence-electron chi connectivity index (χ0n) is 48.4. The van der Waals surface area contributed by atoms with Crippen molar-refractivity contribution in [3.63, 3.8) is 0 Å². The molecule has 0 aromatic carbocycles. The zero-order chi connectivity index (χ0) is 52.9. The van der Waals surface area contributed by atoms with Crippen molar-refractivity contribution in [3.05, 3.63) is 72.9 Å². The van der Waals surface area contributed by atoms with Gasteiger partial charge in [0, 0.05) is 19.3 Å². The summed E-state index contributed by atoms with van der Waals surface area (Å²) >= 11 is 0. The molecule has 6 nitrogen and oxygen atoms in total. The summed E-state index contributed by atoms with van der Waals surface area (Å²) < 4.78 is 16.9. The Balaban J connectivity index is 4.36. The highest BCUT2D eigenvalue weighted by atomic mass is 16.6. The van der Waals surface area contributed by atoms with Gasteiger partial charge in [-0.05, 0) is 89.9 Å². The van der Waals surface area contributed by atoms with Gasteiger partial charge in [0.15, 0.2) is 6.10 Å². The Labute approximate surface area is 453 Å². The normalized spacial score (nSPS) is 12.5. The van der Waals surface area contributed by atoms with Crippen molar-refractivity contribution in [1.82, 2.24) is 0 Å². The van der Waals surface area contributed by atoms with Gasteiger partial charge >= 0.3 is 17.9 Å². The minimum Gasteiger partial charge on any atom is -0.462 e. The lowest BCUT2D eigenvalue weighted by atomic mass is 10.0. The average Bonchev–Trinajstić information content (AvgIpc) is 3.39. The molecule has 1 atom stereocenters. The summed E-state index contributed by atoms with van der Waals surface area (Å²) in [4.78, 5) is 38.3. The van der Waals surface area contributed by atoms with Gasteiger partial charge in [-0.3, -0.25) is 14.4 Å². The first kappa shape index (κ1) is 69.8. The third-order valence-electron chi connectivity index (χ3n) is 13.7. The molecule has 0 fully saturated rings. The summed E-state index contributed by atoms with van der Waals surface area (Å²) in [6, 6.07) is 0. The van der Waals surface area contributed by atoms with E-state index in [4.69, 9.17) is 14.2 Å². The van der Waals surface area contributed by atoms with Crippen LogP contribution in [0.2, 0.25) is 0 Å². The average molecular weight is 1020 g/mol. The van der Waals surface area contributed by atoms with Crippen molar-refractivity contribution < 1.29 is 28.6 Å². The van der Waals surface area contributed by atoms with Gasteiger partial charge in [0.05, 0.1) is 0 Å². The van der Waals surface area contributed by atoms with E-state index in [-0.39, 0.29) is 31.1 Å². The number of allylic oxidation sites excluding steroid dienone is 12. The molecule has 0 aromatic rings. The number of hydrogen-bond donors (Lipinski definition) is 0. The molecule has 0 N–H and O–H groups in total. The summed E-state index contributed by atoms with van der Waals surface area (Å²) in [7, 11) is 0. The van der Waals surface area contributed by atoms with Crippen LogP contribution in [0.4, 0.5) is 0 Å². The number of unbranched alkanes of at least 4 members (excludes halogenated alkanes) is 34. The number of carbonyl (C=O) groups excluding carboxylic acids is 3. The molecule has 0 aliphatic heterocycles. The molecule has 422 valence electrons. The SMILES string of the molecule is CC/C=C\C/C=C\C/C=C\C/C=C\CCCCCCC(=O)OC(COC(=O)CCCCCCCCCCCCC/C=C\C/C=C\CCCCCCC)COC(=O)CCCCCCCCCCCCCCCCC. The zero-order valence-corrected chi connectivity index (χ0v) is 48.4. The van der Waals surface area contributed by atoms with Crippen LogP contribution in [0.5, 0.6) is 0 Å². The number of ether oxygens (including phenoxy) is 3. The Hall–Kier alpha value is -3.15. The Bertz CT molecular complexity index is 1360. The molecule has 0 bridgehead atoms. The van der Waals surface area contributed by atoms with E-state index in [2.05, 4.69) is 93.7 Å². The Morgan fingerprint density at radius 3 is 0.836 bits per heavy atom. The highest BCUT2D eigenvalue weighted by Gasteiger charge is 2.19. The first-order valence-corrected chi connectivity index (χ1v) is 31.4. The van der Waals surface area contributed by atoms with Crippen LogP contribution >= 0.6 is 0 Å². The van der Waals surface area contributed by atoms with Gasteiger partial charge in [0.2, 0.25) is 0 Å². The van der Waals surface area contributed by atoms with Crippen LogP contribution < -0.4 is 0 Å². The first-order chi connectivity index (χ1) is 36.0. The number of hydrogen-bond acceptors (Lipinski definition) is 6. The van der Waals surface area contributed by atoms with Crippen LogP contribution in [0.15, 0.2) is 72.9 Å². The van der Waals surface area contributed by atoms with Gasteiger partial charge in [-0.1, -0.05) is 280 Å². The molecule has 0 rings (SSSR count). The predicted molar refractivity (Wildman–Crippen MR) is 316 cm³/mol. The van der Waals surface area contributed by atoms with Crippen LogP contribution in [0.1, 0.15) is 316 Å². The van der Waals surface area contributed by atoms with Crippen molar-refractivity contribution in [1.29, 1.82) is 0 Å². The standard InChI is InChI=1S/C67H118O6/c1-4-7-10-13-16-19-22-25-28-30-31-32-33-34-35-37-39-42-45-48-51-54-57-60-66(69)72-63-64(62-71-65(68)59-56-53-50-47-44-41-38-27-24-21-18-15-12-9-6-3)73-67(70)61-58-55-52-49-46-43-40-36-29-26-23-20-17-14-11-8-5-2/h8,11,17,20,22,25-26,29-31,40,43,64H,4-7,9-10,12-16,18-19,21,23-24,27-28,32-39,41-42,44-63H2,1-3H3/b11-8-,20-17-,25-22-,29-26-,31-30-,43-40-. The molecule has 1 unspecified atom stereocenters. The fraction of sp³-hybridized carbons (Fsp3) is 0.776. The van der Waals surface area contributed by atoms with Crippen LogP contribution in [-0.4, -0.2) is 37.2 Å². The van der Waals surface area contributed by atoms with E-state index < -0.39 is 6.10 Å². The van der Waals surface area contributed by atoms with E-state index in [1.54, 1.807) is 0 Å². The van der Waals surface area contributed by atoms with Gasteiger partial charge in [-0.15, -0.1) is 0 Å².